The molecule has 4 heteroatoms. The molecule has 0 N–H and O–H groups in total. The normalized spacial score (nSPS) is 23.3. The predicted molar refractivity (Wildman–Crippen MR) is 158 cm³/mol. The molecule has 208 valence electrons. The van der Waals surface area contributed by atoms with E-state index in [-0.39, 0.29) is 12.1 Å². The van der Waals surface area contributed by atoms with Crippen LogP contribution in [0.4, 0.5) is 0 Å². The molecule has 4 rings (SSSR count). The number of esters is 2. The van der Waals surface area contributed by atoms with Gasteiger partial charge in [-0.05, 0) is 91.2 Å². The minimum Gasteiger partial charge on any atom is -0.459 e. The lowest BCUT2D eigenvalue weighted by Gasteiger charge is -2.37. The van der Waals surface area contributed by atoms with E-state index in [1.54, 1.807) is 18.2 Å². The van der Waals surface area contributed by atoms with Gasteiger partial charge in [0.25, 0.3) is 0 Å². The van der Waals surface area contributed by atoms with Crippen molar-refractivity contribution in [1.82, 2.24) is 0 Å². The maximum absolute atomic E-state index is 12.5. The molecule has 2 aromatic carbocycles. The lowest BCUT2D eigenvalue weighted by molar-refractivity contribution is -0.145. The van der Waals surface area contributed by atoms with Crippen LogP contribution >= 0.6 is 0 Å². The SMILES string of the molecule is C=CC(=O)Oc1ccc(-c2ccc(C=CC(=O)OC3CCC(C4CCC(CCCCC)CC4)CC3)cc2)cc1. The molecule has 2 saturated carbocycles. The molecule has 4 nitrogen and oxygen atoms in total. The average Bonchev–Trinajstić information content (AvgIpc) is 2.98. The number of rotatable bonds is 11. The summed E-state index contributed by atoms with van der Waals surface area (Å²) in [7, 11) is 0. The molecule has 0 bridgehead atoms. The highest BCUT2D eigenvalue weighted by Crippen LogP contribution is 2.41. The van der Waals surface area contributed by atoms with Crippen LogP contribution in [0.1, 0.15) is 89.5 Å². The lowest BCUT2D eigenvalue weighted by Crippen LogP contribution is -2.29. The number of hydrogen-bond donors (Lipinski definition) is 0. The summed E-state index contributed by atoms with van der Waals surface area (Å²) in [6.07, 6.45) is 20.2. The smallest absolute Gasteiger partial charge is 0.335 e. The molecule has 0 aliphatic heterocycles. The van der Waals surface area contributed by atoms with E-state index in [1.165, 1.54) is 64.2 Å². The van der Waals surface area contributed by atoms with E-state index in [4.69, 9.17) is 9.47 Å². The quantitative estimate of drug-likeness (QED) is 0.126. The van der Waals surface area contributed by atoms with E-state index < -0.39 is 5.97 Å². The van der Waals surface area contributed by atoms with Gasteiger partial charge in [-0.2, -0.15) is 0 Å². The summed E-state index contributed by atoms with van der Waals surface area (Å²) >= 11 is 0. The van der Waals surface area contributed by atoms with Crippen molar-refractivity contribution in [3.63, 3.8) is 0 Å². The van der Waals surface area contributed by atoms with Crippen molar-refractivity contribution in [2.24, 2.45) is 17.8 Å². The Morgan fingerprint density at radius 2 is 1.38 bits per heavy atom. The van der Waals surface area contributed by atoms with Crippen LogP contribution in [0.15, 0.2) is 67.3 Å². The lowest BCUT2D eigenvalue weighted by atomic mass is 9.70. The molecular weight excluding hydrogens is 484 g/mol. The summed E-state index contributed by atoms with van der Waals surface area (Å²) in [5.74, 6) is 2.43. The topological polar surface area (TPSA) is 52.6 Å². The minimum absolute atomic E-state index is 0.0554. The zero-order chi connectivity index (χ0) is 27.5. The van der Waals surface area contributed by atoms with E-state index in [0.29, 0.717) is 5.75 Å². The van der Waals surface area contributed by atoms with Gasteiger partial charge < -0.3 is 9.47 Å². The maximum Gasteiger partial charge on any atom is 0.335 e. The summed E-state index contributed by atoms with van der Waals surface area (Å²) < 4.78 is 10.9. The molecule has 39 heavy (non-hydrogen) atoms. The zero-order valence-electron chi connectivity index (χ0n) is 23.5. The maximum atomic E-state index is 12.5. The van der Waals surface area contributed by atoms with Crippen molar-refractivity contribution < 1.29 is 19.1 Å². The molecule has 0 spiro atoms. The third-order valence-corrected chi connectivity index (χ3v) is 8.67. The van der Waals surface area contributed by atoms with Gasteiger partial charge in [-0.1, -0.05) is 88.4 Å². The van der Waals surface area contributed by atoms with E-state index in [0.717, 1.165) is 53.4 Å². The van der Waals surface area contributed by atoms with Crippen molar-refractivity contribution in [1.29, 1.82) is 0 Å². The Kier molecular flexibility index (Phi) is 11.0. The van der Waals surface area contributed by atoms with Crippen molar-refractivity contribution in [2.75, 3.05) is 0 Å². The molecule has 0 heterocycles. The second kappa shape index (κ2) is 14.9. The third kappa shape index (κ3) is 8.95. The zero-order valence-corrected chi connectivity index (χ0v) is 23.5. The number of carbonyl (C=O) groups excluding carboxylic acids is 2. The Balaban J connectivity index is 1.17. The monoisotopic (exact) mass is 528 g/mol. The van der Waals surface area contributed by atoms with E-state index in [2.05, 4.69) is 13.5 Å². The highest BCUT2D eigenvalue weighted by Gasteiger charge is 2.31. The molecule has 0 unspecified atom stereocenters. The molecule has 0 atom stereocenters. The molecule has 2 fully saturated rings. The van der Waals surface area contributed by atoms with Crippen LogP contribution in [0.3, 0.4) is 0 Å². The number of carbonyl (C=O) groups is 2. The van der Waals surface area contributed by atoms with Crippen LogP contribution < -0.4 is 4.74 Å². The number of ether oxygens (including phenoxy) is 2. The first-order chi connectivity index (χ1) is 19.0. The molecule has 0 aromatic heterocycles. The highest BCUT2D eigenvalue weighted by atomic mass is 16.5. The van der Waals surface area contributed by atoms with Gasteiger partial charge in [0.15, 0.2) is 0 Å². The summed E-state index contributed by atoms with van der Waals surface area (Å²) in [6, 6.07) is 15.3. The summed E-state index contributed by atoms with van der Waals surface area (Å²) in [6.45, 7) is 5.69. The first-order valence-corrected chi connectivity index (χ1v) is 15.0. The molecule has 0 saturated heterocycles. The Hall–Kier alpha value is -3.14. The predicted octanol–water partition coefficient (Wildman–Crippen LogP) is 8.95. The van der Waals surface area contributed by atoms with Crippen LogP contribution in [0.5, 0.6) is 5.75 Å². The van der Waals surface area contributed by atoms with Crippen LogP contribution in [-0.2, 0) is 14.3 Å². The van der Waals surface area contributed by atoms with Crippen molar-refractivity contribution >= 4 is 18.0 Å². The van der Waals surface area contributed by atoms with E-state index >= 15 is 0 Å². The Labute approximate surface area is 234 Å². The van der Waals surface area contributed by atoms with Gasteiger partial charge in [-0.3, -0.25) is 0 Å². The summed E-state index contributed by atoms with van der Waals surface area (Å²) in [5.41, 5.74) is 3.00. The highest BCUT2D eigenvalue weighted by molar-refractivity contribution is 5.87. The minimum atomic E-state index is -0.476. The van der Waals surface area contributed by atoms with Gasteiger partial charge in [0.2, 0.25) is 0 Å². The molecule has 0 amide bonds. The fraction of sp³-hybridized carbons (Fsp3) is 0.486. The van der Waals surface area contributed by atoms with Gasteiger partial charge in [0, 0.05) is 12.2 Å². The first-order valence-electron chi connectivity index (χ1n) is 15.0. The van der Waals surface area contributed by atoms with Gasteiger partial charge in [0.05, 0.1) is 0 Å². The van der Waals surface area contributed by atoms with Crippen LogP contribution in [0.25, 0.3) is 17.2 Å². The molecule has 2 aliphatic rings. The number of hydrogen-bond acceptors (Lipinski definition) is 4. The van der Waals surface area contributed by atoms with Gasteiger partial charge in [-0.25, -0.2) is 9.59 Å². The number of unbranched alkanes of at least 4 members (excludes halogenated alkanes) is 2. The molecule has 2 aliphatic carbocycles. The Morgan fingerprint density at radius 3 is 1.97 bits per heavy atom. The van der Waals surface area contributed by atoms with Crippen LogP contribution in [-0.4, -0.2) is 18.0 Å². The Bertz CT molecular complexity index is 1080. The summed E-state index contributed by atoms with van der Waals surface area (Å²) in [5, 5.41) is 0. The number of benzene rings is 2. The average molecular weight is 529 g/mol. The van der Waals surface area contributed by atoms with Gasteiger partial charge >= 0.3 is 11.9 Å². The molecule has 2 aromatic rings. The summed E-state index contributed by atoms with van der Waals surface area (Å²) in [4.78, 5) is 23.8. The van der Waals surface area contributed by atoms with Crippen LogP contribution in [0.2, 0.25) is 0 Å². The Morgan fingerprint density at radius 1 is 0.795 bits per heavy atom. The largest absolute Gasteiger partial charge is 0.459 e. The third-order valence-electron chi connectivity index (χ3n) is 8.67. The van der Waals surface area contributed by atoms with Crippen molar-refractivity contribution in [3.8, 4) is 16.9 Å². The standard InChI is InChI=1S/C35H44O4/c1-3-5-6-7-26-8-13-28(14-9-26)31-19-23-33(24-20-31)39-35(37)25-12-27-10-15-29(16-11-27)30-17-21-32(22-18-30)38-34(36)4-2/h4,10-12,15-18,21-22,25-26,28,31,33H,2-3,5-9,13-14,19-20,23-24H2,1H3. The fourth-order valence-electron chi connectivity index (χ4n) is 6.34. The molecule has 0 radical (unpaired) electrons. The van der Waals surface area contributed by atoms with E-state index in [1.807, 2.05) is 42.5 Å². The van der Waals surface area contributed by atoms with Gasteiger partial charge in [0.1, 0.15) is 11.9 Å². The second-order valence-corrected chi connectivity index (χ2v) is 11.4. The fourth-order valence-corrected chi connectivity index (χ4v) is 6.34. The second-order valence-electron chi connectivity index (χ2n) is 11.4. The van der Waals surface area contributed by atoms with Crippen LogP contribution in [0, 0.1) is 17.8 Å². The van der Waals surface area contributed by atoms with Gasteiger partial charge in [-0.15, -0.1) is 0 Å². The first kappa shape index (κ1) is 28.9. The molecular formula is C35H44O4. The van der Waals surface area contributed by atoms with Crippen molar-refractivity contribution in [3.05, 3.63) is 72.8 Å². The van der Waals surface area contributed by atoms with Crippen molar-refractivity contribution in [2.45, 2.75) is 90.1 Å². The van der Waals surface area contributed by atoms with E-state index in [9.17, 15) is 9.59 Å².